The third kappa shape index (κ3) is 4.88. The molecule has 27 heavy (non-hydrogen) atoms. The summed E-state index contributed by atoms with van der Waals surface area (Å²) in [4.78, 5) is 9.05. The molecule has 2 N–H and O–H groups in total. The summed E-state index contributed by atoms with van der Waals surface area (Å²) in [5, 5.41) is 6.60. The van der Waals surface area contributed by atoms with E-state index in [0.717, 1.165) is 39.8 Å². The molecule has 0 saturated heterocycles. The van der Waals surface area contributed by atoms with Gasteiger partial charge in [-0.05, 0) is 49.2 Å². The van der Waals surface area contributed by atoms with Crippen LogP contribution in [0.25, 0.3) is 0 Å². The van der Waals surface area contributed by atoms with Gasteiger partial charge < -0.3 is 20.1 Å². The Labute approximate surface area is 159 Å². The van der Waals surface area contributed by atoms with Crippen LogP contribution in [0.5, 0.6) is 11.5 Å². The minimum atomic E-state index is 0.524. The zero-order chi connectivity index (χ0) is 19.2. The molecule has 1 heterocycles. The van der Waals surface area contributed by atoms with Crippen LogP contribution >= 0.6 is 0 Å². The molecular formula is C21H24N4O2. The van der Waals surface area contributed by atoms with Gasteiger partial charge in [0.25, 0.3) is 0 Å². The molecule has 0 aliphatic rings. The second kappa shape index (κ2) is 8.40. The molecule has 6 heteroatoms. The zero-order valence-electron chi connectivity index (χ0n) is 16.0. The first kappa shape index (κ1) is 18.5. The molecule has 2 aromatic carbocycles. The lowest BCUT2D eigenvalue weighted by molar-refractivity contribution is 0.414. The van der Waals surface area contributed by atoms with Crippen LogP contribution in [-0.2, 0) is 6.54 Å². The van der Waals surface area contributed by atoms with Crippen molar-refractivity contribution in [3.63, 3.8) is 0 Å². The van der Waals surface area contributed by atoms with Gasteiger partial charge in [0.15, 0.2) is 0 Å². The maximum atomic E-state index is 5.41. The molecule has 3 rings (SSSR count). The molecule has 0 unspecified atom stereocenters. The Morgan fingerprint density at radius 3 is 2.37 bits per heavy atom. The Morgan fingerprint density at radius 1 is 0.889 bits per heavy atom. The van der Waals surface area contributed by atoms with Crippen LogP contribution in [0.15, 0.2) is 48.5 Å². The Balaban J connectivity index is 1.75. The van der Waals surface area contributed by atoms with E-state index in [0.29, 0.717) is 12.5 Å². The van der Waals surface area contributed by atoms with Crippen molar-refractivity contribution in [2.75, 3.05) is 24.9 Å². The lowest BCUT2D eigenvalue weighted by atomic mass is 10.2. The molecule has 0 fully saturated rings. The van der Waals surface area contributed by atoms with Gasteiger partial charge in [-0.25, -0.2) is 4.98 Å². The average molecular weight is 364 g/mol. The normalized spacial score (nSPS) is 10.4. The van der Waals surface area contributed by atoms with Crippen LogP contribution in [0.3, 0.4) is 0 Å². The van der Waals surface area contributed by atoms with Crippen molar-refractivity contribution >= 4 is 17.5 Å². The van der Waals surface area contributed by atoms with Gasteiger partial charge in [-0.1, -0.05) is 18.2 Å². The molecule has 0 amide bonds. The first-order chi connectivity index (χ1) is 13.1. The molecule has 3 aromatic rings. The van der Waals surface area contributed by atoms with Crippen LogP contribution in [0.2, 0.25) is 0 Å². The SMILES string of the molecule is COc1ccc(CNc2cc(C)nc(Nc3cc(C)ccc3OC)n2)cc1. The van der Waals surface area contributed by atoms with Gasteiger partial charge >= 0.3 is 0 Å². The number of anilines is 3. The number of rotatable bonds is 7. The number of nitrogens with zero attached hydrogens (tertiary/aromatic N) is 2. The van der Waals surface area contributed by atoms with Crippen molar-refractivity contribution in [3.05, 3.63) is 65.4 Å². The van der Waals surface area contributed by atoms with E-state index in [9.17, 15) is 0 Å². The van der Waals surface area contributed by atoms with E-state index in [1.54, 1.807) is 14.2 Å². The molecule has 0 aliphatic carbocycles. The summed E-state index contributed by atoms with van der Waals surface area (Å²) < 4.78 is 10.6. The van der Waals surface area contributed by atoms with Crippen LogP contribution < -0.4 is 20.1 Å². The highest BCUT2D eigenvalue weighted by atomic mass is 16.5. The fraction of sp³-hybridized carbons (Fsp3) is 0.238. The van der Waals surface area contributed by atoms with Crippen LogP contribution in [0.4, 0.5) is 17.5 Å². The molecule has 0 saturated carbocycles. The fourth-order valence-electron chi connectivity index (χ4n) is 2.69. The highest BCUT2D eigenvalue weighted by Crippen LogP contribution is 2.28. The van der Waals surface area contributed by atoms with E-state index in [-0.39, 0.29) is 0 Å². The molecule has 0 aliphatic heterocycles. The van der Waals surface area contributed by atoms with Gasteiger partial charge in [0, 0.05) is 18.3 Å². The van der Waals surface area contributed by atoms with Crippen molar-refractivity contribution in [2.24, 2.45) is 0 Å². The van der Waals surface area contributed by atoms with Crippen LogP contribution in [-0.4, -0.2) is 24.2 Å². The zero-order valence-corrected chi connectivity index (χ0v) is 16.0. The summed E-state index contributed by atoms with van der Waals surface area (Å²) in [6, 6.07) is 15.8. The highest BCUT2D eigenvalue weighted by molar-refractivity contribution is 5.64. The molecule has 0 spiro atoms. The lowest BCUT2D eigenvalue weighted by Gasteiger charge is -2.13. The minimum absolute atomic E-state index is 0.524. The number of aromatic nitrogens is 2. The van der Waals surface area contributed by atoms with Crippen molar-refractivity contribution in [3.8, 4) is 11.5 Å². The Bertz CT molecular complexity index is 911. The summed E-state index contributed by atoms with van der Waals surface area (Å²) in [5.41, 5.74) is 3.98. The van der Waals surface area contributed by atoms with E-state index >= 15 is 0 Å². The summed E-state index contributed by atoms with van der Waals surface area (Å²) in [7, 11) is 3.31. The van der Waals surface area contributed by atoms with Crippen molar-refractivity contribution in [1.29, 1.82) is 0 Å². The Hall–Kier alpha value is -3.28. The summed E-state index contributed by atoms with van der Waals surface area (Å²) in [5.74, 6) is 2.87. The Kier molecular flexibility index (Phi) is 5.76. The predicted octanol–water partition coefficient (Wildman–Crippen LogP) is 4.47. The van der Waals surface area contributed by atoms with Gasteiger partial charge in [-0.15, -0.1) is 0 Å². The summed E-state index contributed by atoms with van der Waals surface area (Å²) in [6.07, 6.45) is 0. The van der Waals surface area contributed by atoms with E-state index in [2.05, 4.69) is 20.6 Å². The van der Waals surface area contributed by atoms with Crippen molar-refractivity contribution in [1.82, 2.24) is 9.97 Å². The number of hydrogen-bond acceptors (Lipinski definition) is 6. The highest BCUT2D eigenvalue weighted by Gasteiger charge is 2.07. The second-order valence-corrected chi connectivity index (χ2v) is 6.25. The van der Waals surface area contributed by atoms with Gasteiger partial charge in [-0.2, -0.15) is 4.98 Å². The first-order valence-electron chi connectivity index (χ1n) is 8.71. The maximum absolute atomic E-state index is 5.41. The van der Waals surface area contributed by atoms with E-state index < -0.39 is 0 Å². The number of ether oxygens (including phenoxy) is 2. The van der Waals surface area contributed by atoms with Gasteiger partial charge in [0.05, 0.1) is 19.9 Å². The molecule has 0 radical (unpaired) electrons. The number of aryl methyl sites for hydroxylation is 2. The van der Waals surface area contributed by atoms with Gasteiger partial charge in [-0.3, -0.25) is 0 Å². The quantitative estimate of drug-likeness (QED) is 0.645. The monoisotopic (exact) mass is 364 g/mol. The topological polar surface area (TPSA) is 68.3 Å². The van der Waals surface area contributed by atoms with E-state index in [1.807, 2.05) is 62.4 Å². The van der Waals surface area contributed by atoms with Gasteiger partial charge in [0.2, 0.25) is 5.95 Å². The molecule has 140 valence electrons. The summed E-state index contributed by atoms with van der Waals surface area (Å²) in [6.45, 7) is 4.64. The smallest absolute Gasteiger partial charge is 0.229 e. The number of nitrogens with one attached hydrogen (secondary N) is 2. The summed E-state index contributed by atoms with van der Waals surface area (Å²) >= 11 is 0. The fourth-order valence-corrected chi connectivity index (χ4v) is 2.69. The van der Waals surface area contributed by atoms with Crippen molar-refractivity contribution in [2.45, 2.75) is 20.4 Å². The van der Waals surface area contributed by atoms with Gasteiger partial charge in [0.1, 0.15) is 17.3 Å². The maximum Gasteiger partial charge on any atom is 0.229 e. The van der Waals surface area contributed by atoms with Crippen LogP contribution in [0, 0.1) is 13.8 Å². The molecular weight excluding hydrogens is 340 g/mol. The molecule has 0 atom stereocenters. The Morgan fingerprint density at radius 2 is 1.67 bits per heavy atom. The van der Waals surface area contributed by atoms with Crippen molar-refractivity contribution < 1.29 is 9.47 Å². The second-order valence-electron chi connectivity index (χ2n) is 6.25. The van der Waals surface area contributed by atoms with Crippen LogP contribution in [0.1, 0.15) is 16.8 Å². The third-order valence-corrected chi connectivity index (χ3v) is 4.09. The minimum Gasteiger partial charge on any atom is -0.497 e. The number of methoxy groups -OCH3 is 2. The molecule has 0 bridgehead atoms. The predicted molar refractivity (Wildman–Crippen MR) is 108 cm³/mol. The van der Waals surface area contributed by atoms with E-state index in [4.69, 9.17) is 9.47 Å². The molecule has 6 nitrogen and oxygen atoms in total. The number of hydrogen-bond donors (Lipinski definition) is 2. The largest absolute Gasteiger partial charge is 0.497 e. The third-order valence-electron chi connectivity index (χ3n) is 4.09. The first-order valence-corrected chi connectivity index (χ1v) is 8.71. The van der Waals surface area contributed by atoms with E-state index in [1.165, 1.54) is 0 Å². The molecule has 1 aromatic heterocycles. The standard InChI is InChI=1S/C21H24N4O2/c1-14-5-10-19(27-4)18(11-14)24-21-23-15(2)12-20(25-21)22-13-16-6-8-17(26-3)9-7-16/h5-12H,13H2,1-4H3,(H2,22,23,24,25). The lowest BCUT2D eigenvalue weighted by Crippen LogP contribution is -2.06. The number of benzene rings is 2. The average Bonchev–Trinajstić information content (AvgIpc) is 2.66.